The molecule has 1 aliphatic rings. The van der Waals surface area contributed by atoms with Gasteiger partial charge in [-0.3, -0.25) is 0 Å². The highest BCUT2D eigenvalue weighted by atomic mass is 79.9. The minimum Gasteiger partial charge on any atom is -0.487 e. The fourth-order valence-corrected chi connectivity index (χ4v) is 3.05. The maximum atomic E-state index is 5.58. The molecule has 92 valence electrons. The second kappa shape index (κ2) is 6.03. The molecule has 1 saturated carbocycles. The molecule has 1 aromatic rings. The molecule has 0 spiro atoms. The summed E-state index contributed by atoms with van der Waals surface area (Å²) in [6.45, 7) is 5.06. The summed E-state index contributed by atoms with van der Waals surface area (Å²) >= 11 is 7.07. The fraction of sp³-hybridized carbons (Fsp3) is 0.385. The Morgan fingerprint density at radius 1 is 1.35 bits per heavy atom. The van der Waals surface area contributed by atoms with Crippen LogP contribution in [0.1, 0.15) is 18.4 Å². The van der Waals surface area contributed by atoms with Gasteiger partial charge >= 0.3 is 0 Å². The zero-order chi connectivity index (χ0) is 12.3. The molecule has 1 N–H and O–H groups in total. The van der Waals surface area contributed by atoms with Crippen LogP contribution in [0.4, 0.5) is 0 Å². The van der Waals surface area contributed by atoms with Crippen LogP contribution in [0, 0.1) is 0 Å². The molecule has 0 radical (unpaired) electrons. The zero-order valence-electron chi connectivity index (χ0n) is 9.51. The first-order chi connectivity index (χ1) is 8.20. The van der Waals surface area contributed by atoms with Crippen molar-refractivity contribution in [2.24, 2.45) is 0 Å². The summed E-state index contributed by atoms with van der Waals surface area (Å²) in [4.78, 5) is 0. The normalized spacial score (nSPS) is 14.7. The van der Waals surface area contributed by atoms with Gasteiger partial charge < -0.3 is 10.1 Å². The van der Waals surface area contributed by atoms with E-state index in [9.17, 15) is 0 Å². The molecule has 0 atom stereocenters. The molecule has 2 rings (SSSR count). The SMILES string of the molecule is C=CCOc1c(Br)cc(CNC2CC2)cc1Br. The zero-order valence-corrected chi connectivity index (χ0v) is 12.7. The highest BCUT2D eigenvalue weighted by Gasteiger charge is 2.20. The van der Waals surface area contributed by atoms with Crippen LogP contribution in [0.2, 0.25) is 0 Å². The van der Waals surface area contributed by atoms with Crippen molar-refractivity contribution in [2.75, 3.05) is 6.61 Å². The molecule has 1 aliphatic carbocycles. The third-order valence-corrected chi connectivity index (χ3v) is 3.75. The first-order valence-corrected chi connectivity index (χ1v) is 7.24. The van der Waals surface area contributed by atoms with Crippen LogP contribution < -0.4 is 10.1 Å². The average molecular weight is 361 g/mol. The average Bonchev–Trinajstić information content (AvgIpc) is 3.09. The molecule has 1 fully saturated rings. The van der Waals surface area contributed by atoms with Gasteiger partial charge in [0, 0.05) is 12.6 Å². The molecule has 2 nitrogen and oxygen atoms in total. The predicted octanol–water partition coefficient (Wildman–Crippen LogP) is 4.03. The van der Waals surface area contributed by atoms with E-state index in [-0.39, 0.29) is 0 Å². The summed E-state index contributed by atoms with van der Waals surface area (Å²) in [6.07, 6.45) is 4.35. The molecule has 0 aromatic heterocycles. The van der Waals surface area contributed by atoms with E-state index in [4.69, 9.17) is 4.74 Å². The molecule has 0 aliphatic heterocycles. The Hall–Kier alpha value is -0.320. The van der Waals surface area contributed by atoms with Crippen LogP contribution >= 0.6 is 31.9 Å². The third kappa shape index (κ3) is 3.83. The number of benzene rings is 1. The lowest BCUT2D eigenvalue weighted by Gasteiger charge is -2.11. The Morgan fingerprint density at radius 2 is 2.00 bits per heavy atom. The van der Waals surface area contributed by atoms with E-state index in [0.29, 0.717) is 6.61 Å². The standard InChI is InChI=1S/C13H15Br2NO/c1-2-5-17-13-11(14)6-9(7-12(13)15)8-16-10-3-4-10/h2,6-7,10,16H,1,3-5,8H2. The van der Waals surface area contributed by atoms with E-state index < -0.39 is 0 Å². The van der Waals surface area contributed by atoms with Crippen LogP contribution in [0.15, 0.2) is 33.7 Å². The monoisotopic (exact) mass is 359 g/mol. The number of ether oxygens (including phenoxy) is 1. The number of nitrogens with one attached hydrogen (secondary N) is 1. The molecule has 1 aromatic carbocycles. The number of rotatable bonds is 6. The Morgan fingerprint density at radius 3 is 2.53 bits per heavy atom. The minimum absolute atomic E-state index is 0.511. The highest BCUT2D eigenvalue weighted by molar-refractivity contribution is 9.11. The van der Waals surface area contributed by atoms with E-state index in [1.807, 2.05) is 0 Å². The third-order valence-electron chi connectivity index (χ3n) is 2.58. The Bertz CT molecular complexity index is 393. The second-order valence-corrected chi connectivity index (χ2v) is 5.85. The van der Waals surface area contributed by atoms with Crippen molar-refractivity contribution in [2.45, 2.75) is 25.4 Å². The molecule has 0 heterocycles. The molecular weight excluding hydrogens is 346 g/mol. The van der Waals surface area contributed by atoms with Gasteiger partial charge in [-0.2, -0.15) is 0 Å². The van der Waals surface area contributed by atoms with Crippen molar-refractivity contribution in [3.8, 4) is 5.75 Å². The lowest BCUT2D eigenvalue weighted by atomic mass is 10.2. The Kier molecular flexibility index (Phi) is 4.65. The minimum atomic E-state index is 0.511. The summed E-state index contributed by atoms with van der Waals surface area (Å²) in [6, 6.07) is 4.92. The summed E-state index contributed by atoms with van der Waals surface area (Å²) in [5.41, 5.74) is 1.25. The van der Waals surface area contributed by atoms with Crippen molar-refractivity contribution in [3.05, 3.63) is 39.3 Å². The highest BCUT2D eigenvalue weighted by Crippen LogP contribution is 2.35. The number of hydrogen-bond donors (Lipinski definition) is 1. The van der Waals surface area contributed by atoms with Gasteiger partial charge in [0.05, 0.1) is 8.95 Å². The lowest BCUT2D eigenvalue weighted by molar-refractivity contribution is 0.358. The number of hydrogen-bond acceptors (Lipinski definition) is 2. The maximum absolute atomic E-state index is 5.58. The first-order valence-electron chi connectivity index (χ1n) is 5.65. The smallest absolute Gasteiger partial charge is 0.148 e. The number of halogens is 2. The van der Waals surface area contributed by atoms with Gasteiger partial charge in [-0.15, -0.1) is 0 Å². The molecule has 17 heavy (non-hydrogen) atoms. The van der Waals surface area contributed by atoms with Crippen LogP contribution in [0.3, 0.4) is 0 Å². The van der Waals surface area contributed by atoms with Crippen LogP contribution in [0.25, 0.3) is 0 Å². The lowest BCUT2D eigenvalue weighted by Crippen LogP contribution is -2.15. The Balaban J connectivity index is 2.06. The van der Waals surface area contributed by atoms with Crippen molar-refractivity contribution in [1.82, 2.24) is 5.32 Å². The van der Waals surface area contributed by atoms with Crippen LogP contribution in [-0.4, -0.2) is 12.6 Å². The summed E-state index contributed by atoms with van der Waals surface area (Å²) in [5, 5.41) is 3.49. The summed E-state index contributed by atoms with van der Waals surface area (Å²) in [5.74, 6) is 0.833. The van der Waals surface area contributed by atoms with E-state index in [0.717, 1.165) is 27.3 Å². The second-order valence-electron chi connectivity index (χ2n) is 4.14. The van der Waals surface area contributed by atoms with Gasteiger partial charge in [0.25, 0.3) is 0 Å². The van der Waals surface area contributed by atoms with Crippen LogP contribution in [-0.2, 0) is 6.54 Å². The van der Waals surface area contributed by atoms with Crippen molar-refractivity contribution in [1.29, 1.82) is 0 Å². The Labute approximate surface area is 119 Å². The van der Waals surface area contributed by atoms with E-state index >= 15 is 0 Å². The van der Waals surface area contributed by atoms with Gasteiger partial charge in [0.1, 0.15) is 12.4 Å². The molecule has 4 heteroatoms. The van der Waals surface area contributed by atoms with E-state index in [2.05, 4.69) is 55.9 Å². The molecule has 0 amide bonds. The van der Waals surface area contributed by atoms with Crippen molar-refractivity contribution >= 4 is 31.9 Å². The maximum Gasteiger partial charge on any atom is 0.148 e. The molecular formula is C13H15Br2NO. The van der Waals surface area contributed by atoms with Crippen LogP contribution in [0.5, 0.6) is 5.75 Å². The molecule has 0 unspecified atom stereocenters. The largest absolute Gasteiger partial charge is 0.487 e. The first kappa shape index (κ1) is 13.1. The predicted molar refractivity (Wildman–Crippen MR) is 77.4 cm³/mol. The quantitative estimate of drug-likeness (QED) is 0.773. The van der Waals surface area contributed by atoms with Gasteiger partial charge in [0.15, 0.2) is 0 Å². The fourth-order valence-electron chi connectivity index (χ4n) is 1.54. The van der Waals surface area contributed by atoms with Crippen molar-refractivity contribution in [3.63, 3.8) is 0 Å². The molecule has 0 saturated heterocycles. The van der Waals surface area contributed by atoms with Gasteiger partial charge in [0.2, 0.25) is 0 Å². The van der Waals surface area contributed by atoms with Gasteiger partial charge in [-0.05, 0) is 62.4 Å². The summed E-state index contributed by atoms with van der Waals surface area (Å²) in [7, 11) is 0. The van der Waals surface area contributed by atoms with E-state index in [1.165, 1.54) is 18.4 Å². The van der Waals surface area contributed by atoms with E-state index in [1.54, 1.807) is 6.08 Å². The molecule has 0 bridgehead atoms. The summed E-state index contributed by atoms with van der Waals surface area (Å²) < 4.78 is 7.52. The topological polar surface area (TPSA) is 21.3 Å². The van der Waals surface area contributed by atoms with Gasteiger partial charge in [-0.25, -0.2) is 0 Å². The van der Waals surface area contributed by atoms with Gasteiger partial charge in [-0.1, -0.05) is 12.7 Å². The van der Waals surface area contributed by atoms with Crippen molar-refractivity contribution < 1.29 is 4.74 Å².